The maximum Gasteiger partial charge on any atom is 0.332 e. The lowest BCUT2D eigenvalue weighted by atomic mass is 9.89. The molecule has 10 heteroatoms. The smallest absolute Gasteiger partial charge is 0.332 e. The number of ether oxygens (including phenoxy) is 1. The number of urea groups is 1. The molecule has 2 N–H and O–H groups in total. The van der Waals surface area contributed by atoms with Crippen LogP contribution in [0.1, 0.15) is 39.6 Å². The third kappa shape index (κ3) is 4.97. The van der Waals surface area contributed by atoms with Gasteiger partial charge in [-0.15, -0.1) is 0 Å². The Labute approximate surface area is 254 Å². The number of hydrogen-bond donors (Lipinski definition) is 2. The highest BCUT2D eigenvalue weighted by molar-refractivity contribution is 6.30. The molecule has 0 radical (unpaired) electrons. The topological polar surface area (TPSA) is 98.0 Å². The van der Waals surface area contributed by atoms with Crippen LogP contribution in [-0.4, -0.2) is 78.1 Å². The molecule has 4 heterocycles. The Bertz CT molecular complexity index is 1710. The van der Waals surface area contributed by atoms with Crippen LogP contribution in [0.5, 0.6) is 0 Å². The Hall–Kier alpha value is -4.18. The molecule has 2 atom stereocenters. The highest BCUT2D eigenvalue weighted by Gasteiger charge is 2.53. The molecular weight excluding hydrogens is 566 g/mol. The zero-order chi connectivity index (χ0) is 29.5. The summed E-state index contributed by atoms with van der Waals surface area (Å²) in [5.41, 5.74) is 4.21. The van der Waals surface area contributed by atoms with Crippen molar-refractivity contribution in [1.82, 2.24) is 20.1 Å². The number of halogens is 1. The number of anilines is 1. The number of amides is 4. The molecule has 3 aliphatic heterocycles. The first kappa shape index (κ1) is 27.6. The number of hydrogen-bond acceptors (Lipinski definition) is 5. The van der Waals surface area contributed by atoms with E-state index < -0.39 is 18.1 Å². The van der Waals surface area contributed by atoms with Gasteiger partial charge < -0.3 is 15.0 Å². The normalized spacial score (nSPS) is 20.4. The Morgan fingerprint density at radius 3 is 2.63 bits per heavy atom. The number of carbonyl (C=O) groups excluding carboxylic acids is 3. The van der Waals surface area contributed by atoms with E-state index in [1.165, 1.54) is 4.90 Å². The third-order valence-corrected chi connectivity index (χ3v) is 8.88. The fraction of sp³-hybridized carbons (Fsp3) is 0.303. The zero-order valence-electron chi connectivity index (χ0n) is 23.6. The van der Waals surface area contributed by atoms with Gasteiger partial charge in [-0.3, -0.25) is 19.4 Å². The summed E-state index contributed by atoms with van der Waals surface area (Å²) in [5, 5.41) is 4.56. The van der Waals surface area contributed by atoms with Gasteiger partial charge in [-0.25, -0.2) is 9.69 Å². The van der Waals surface area contributed by atoms with Gasteiger partial charge >= 0.3 is 6.03 Å². The Kier molecular flexibility index (Phi) is 7.38. The number of nitrogens with one attached hydrogen (secondary N) is 2. The van der Waals surface area contributed by atoms with E-state index in [0.29, 0.717) is 23.6 Å². The van der Waals surface area contributed by atoms with Crippen molar-refractivity contribution < 1.29 is 19.1 Å². The summed E-state index contributed by atoms with van der Waals surface area (Å²) in [6.45, 7) is 4.60. The van der Waals surface area contributed by atoms with E-state index in [2.05, 4.69) is 15.2 Å². The molecule has 220 valence electrons. The molecular formula is C33H32ClN5O4. The first-order chi connectivity index (χ1) is 21.0. The minimum Gasteiger partial charge on any atom is -0.379 e. The van der Waals surface area contributed by atoms with Crippen LogP contribution in [-0.2, 0) is 16.0 Å². The second kappa shape index (κ2) is 11.5. The van der Waals surface area contributed by atoms with Crippen molar-refractivity contribution in [3.05, 3.63) is 100 Å². The van der Waals surface area contributed by atoms with Gasteiger partial charge in [0.1, 0.15) is 12.1 Å². The van der Waals surface area contributed by atoms with Gasteiger partial charge in [-0.05, 0) is 54.4 Å². The Morgan fingerprint density at radius 1 is 1.00 bits per heavy atom. The average molecular weight is 598 g/mol. The average Bonchev–Trinajstić information content (AvgIpc) is 3.52. The Morgan fingerprint density at radius 2 is 1.79 bits per heavy atom. The van der Waals surface area contributed by atoms with Crippen LogP contribution in [0.15, 0.2) is 72.8 Å². The summed E-state index contributed by atoms with van der Waals surface area (Å²) < 4.78 is 5.40. The summed E-state index contributed by atoms with van der Waals surface area (Å²) in [4.78, 5) is 50.5. The second-order valence-electron chi connectivity index (χ2n) is 11.2. The molecule has 0 spiro atoms. The molecule has 43 heavy (non-hydrogen) atoms. The van der Waals surface area contributed by atoms with E-state index in [-0.39, 0.29) is 17.5 Å². The number of rotatable bonds is 7. The maximum absolute atomic E-state index is 14.3. The number of fused-ring (bicyclic) bond motifs is 4. The summed E-state index contributed by atoms with van der Waals surface area (Å²) in [6, 6.07) is 20.4. The molecule has 3 aliphatic rings. The van der Waals surface area contributed by atoms with Gasteiger partial charge in [0.2, 0.25) is 0 Å². The monoisotopic (exact) mass is 597 g/mol. The quantitative estimate of drug-likeness (QED) is 0.237. The van der Waals surface area contributed by atoms with E-state index in [4.69, 9.17) is 16.3 Å². The van der Waals surface area contributed by atoms with E-state index in [1.807, 2.05) is 42.5 Å². The van der Waals surface area contributed by atoms with Crippen molar-refractivity contribution in [3.63, 3.8) is 0 Å². The number of aromatic amines is 1. The molecule has 7 rings (SSSR count). The summed E-state index contributed by atoms with van der Waals surface area (Å²) in [7, 11) is 0. The lowest BCUT2D eigenvalue weighted by Crippen LogP contribution is -2.44. The molecule has 0 bridgehead atoms. The van der Waals surface area contributed by atoms with Gasteiger partial charge in [0.25, 0.3) is 11.8 Å². The molecule has 0 unspecified atom stereocenters. The fourth-order valence-corrected chi connectivity index (χ4v) is 6.80. The molecule has 4 amide bonds. The van der Waals surface area contributed by atoms with Crippen LogP contribution >= 0.6 is 11.6 Å². The van der Waals surface area contributed by atoms with Gasteiger partial charge in [0.15, 0.2) is 0 Å². The number of benzene rings is 3. The molecule has 1 aromatic heterocycles. The van der Waals surface area contributed by atoms with E-state index in [1.54, 1.807) is 35.2 Å². The van der Waals surface area contributed by atoms with Crippen molar-refractivity contribution in [3.8, 4) is 0 Å². The minimum absolute atomic E-state index is 0.288. The summed E-state index contributed by atoms with van der Waals surface area (Å²) >= 11 is 6.41. The molecule has 3 aromatic carbocycles. The fourth-order valence-electron chi connectivity index (χ4n) is 6.60. The second-order valence-corrected chi connectivity index (χ2v) is 11.6. The van der Waals surface area contributed by atoms with E-state index in [9.17, 15) is 14.4 Å². The van der Waals surface area contributed by atoms with E-state index >= 15 is 0 Å². The van der Waals surface area contributed by atoms with Crippen molar-refractivity contribution in [1.29, 1.82) is 0 Å². The van der Waals surface area contributed by atoms with Crippen LogP contribution in [0, 0.1) is 0 Å². The molecule has 0 saturated carbocycles. The SMILES string of the molecule is O=C(NCCCN1CCOCC1)c1ccccc1N1C(=O)[C@@H]2Cc3c([nH]c4ccccc34)[C@H](c3cccc(Cl)c3)N2C1=O. The standard InChI is InChI=1S/C33H32ClN5O4/c34-22-8-5-7-21(19-22)30-29-25(23-9-1-3-11-26(23)36-29)20-28-32(41)39(33(42)38(28)30)27-12-4-2-10-24(27)31(40)35-13-6-14-37-15-17-43-18-16-37/h1-5,7-12,19,28,30,36H,6,13-18,20H2,(H,35,40)/t28-,30-/m0/s1. The van der Waals surface area contributed by atoms with Crippen LogP contribution in [0.3, 0.4) is 0 Å². The minimum atomic E-state index is -0.729. The first-order valence-electron chi connectivity index (χ1n) is 14.7. The van der Waals surface area contributed by atoms with Crippen LogP contribution < -0.4 is 10.2 Å². The number of aromatic nitrogens is 1. The molecule has 0 aliphatic carbocycles. The molecule has 2 fully saturated rings. The lowest BCUT2D eigenvalue weighted by Gasteiger charge is -2.36. The van der Waals surface area contributed by atoms with Crippen molar-refractivity contribution in [2.75, 3.05) is 44.3 Å². The maximum atomic E-state index is 14.3. The van der Waals surface area contributed by atoms with Crippen molar-refractivity contribution >= 4 is 46.0 Å². The van der Waals surface area contributed by atoms with Gasteiger partial charge in [0, 0.05) is 47.7 Å². The first-order valence-corrected chi connectivity index (χ1v) is 15.1. The van der Waals surface area contributed by atoms with Crippen LogP contribution in [0.4, 0.5) is 10.5 Å². The molecule has 9 nitrogen and oxygen atoms in total. The predicted molar refractivity (Wildman–Crippen MR) is 164 cm³/mol. The summed E-state index contributed by atoms with van der Waals surface area (Å²) in [6.07, 6.45) is 1.16. The molecule has 4 aromatic rings. The van der Waals surface area contributed by atoms with Gasteiger partial charge in [0.05, 0.1) is 24.5 Å². The number of morpholine rings is 1. The van der Waals surface area contributed by atoms with Crippen LogP contribution in [0.2, 0.25) is 5.02 Å². The number of nitrogens with zero attached hydrogens (tertiary/aromatic N) is 3. The van der Waals surface area contributed by atoms with Crippen LogP contribution in [0.25, 0.3) is 10.9 Å². The van der Waals surface area contributed by atoms with E-state index in [0.717, 1.165) is 67.0 Å². The zero-order valence-corrected chi connectivity index (χ0v) is 24.3. The number of para-hydroxylation sites is 2. The largest absolute Gasteiger partial charge is 0.379 e. The highest BCUT2D eigenvalue weighted by Crippen LogP contribution is 2.45. The lowest BCUT2D eigenvalue weighted by molar-refractivity contribution is -0.120. The molecule has 2 saturated heterocycles. The third-order valence-electron chi connectivity index (χ3n) is 8.64. The van der Waals surface area contributed by atoms with Gasteiger partial charge in [-0.1, -0.05) is 54.1 Å². The highest BCUT2D eigenvalue weighted by atomic mass is 35.5. The number of carbonyl (C=O) groups is 3. The predicted octanol–water partition coefficient (Wildman–Crippen LogP) is 4.76. The van der Waals surface area contributed by atoms with Crippen molar-refractivity contribution in [2.24, 2.45) is 0 Å². The number of imide groups is 1. The van der Waals surface area contributed by atoms with Gasteiger partial charge in [-0.2, -0.15) is 0 Å². The van der Waals surface area contributed by atoms with Crippen molar-refractivity contribution in [2.45, 2.75) is 24.9 Å². The Balaban J connectivity index is 1.19. The summed E-state index contributed by atoms with van der Waals surface area (Å²) in [5.74, 6) is -0.661. The number of H-pyrrole nitrogens is 1.